The Balaban J connectivity index is 1.81. The van der Waals surface area contributed by atoms with E-state index in [9.17, 15) is 16.8 Å². The molecule has 0 bridgehead atoms. The van der Waals surface area contributed by atoms with Crippen LogP contribution in [0, 0.1) is 0 Å². The average molecular weight is 398 g/mol. The normalized spacial score (nSPS) is 22.9. The summed E-state index contributed by atoms with van der Waals surface area (Å²) in [7, 11) is -7.76. The number of sulfonamides is 2. The fraction of sp³-hybridized carbons (Fsp3) is 0.667. The monoisotopic (exact) mass is 397 g/mol. The molecule has 0 atom stereocenters. The molecule has 24 heavy (non-hydrogen) atoms. The van der Waals surface area contributed by atoms with E-state index in [1.165, 1.54) is 10.4 Å². The molecule has 0 aliphatic carbocycles. The first-order valence-electron chi connectivity index (χ1n) is 7.32. The van der Waals surface area contributed by atoms with E-state index in [0.29, 0.717) is 36.7 Å². The molecule has 0 unspecified atom stereocenters. The molecule has 0 spiro atoms. The minimum atomic E-state index is -3.95. The molecular formula is C12H19N3O6S3. The maximum atomic E-state index is 12.8. The van der Waals surface area contributed by atoms with E-state index < -0.39 is 20.0 Å². The fourth-order valence-electron chi connectivity index (χ4n) is 2.55. The van der Waals surface area contributed by atoms with Crippen molar-refractivity contribution < 1.29 is 26.3 Å². The Morgan fingerprint density at radius 3 is 2.58 bits per heavy atom. The van der Waals surface area contributed by atoms with Gasteiger partial charge in [0, 0.05) is 31.7 Å². The molecule has 3 heterocycles. The van der Waals surface area contributed by atoms with E-state index in [-0.39, 0.29) is 28.3 Å². The van der Waals surface area contributed by atoms with E-state index in [1.54, 1.807) is 0 Å². The van der Waals surface area contributed by atoms with Crippen molar-refractivity contribution in [3.63, 3.8) is 0 Å². The molecule has 12 heteroatoms. The molecule has 3 rings (SSSR count). The second-order valence-electron chi connectivity index (χ2n) is 5.54. The number of fused-ring (bicyclic) bond motifs is 1. The standard InChI is InChI=1S/C12H19N3O6S3/c13-23(16,17)11-7-10-8-21-9-15(24(18,19)12(10)22-11)2-1-14-3-5-20-6-4-14/h7H,1-6,8-9H2,(H2,13,16,17). The van der Waals surface area contributed by atoms with Gasteiger partial charge in [0.2, 0.25) is 10.0 Å². The number of hydrogen-bond acceptors (Lipinski definition) is 8. The summed E-state index contributed by atoms with van der Waals surface area (Å²) in [6, 6.07) is 1.28. The largest absolute Gasteiger partial charge is 0.379 e. The third-order valence-corrected chi connectivity index (χ3v) is 8.84. The van der Waals surface area contributed by atoms with Gasteiger partial charge in [0.15, 0.2) is 0 Å². The Morgan fingerprint density at radius 1 is 1.21 bits per heavy atom. The van der Waals surface area contributed by atoms with Crippen LogP contribution in [0.3, 0.4) is 0 Å². The lowest BCUT2D eigenvalue weighted by Gasteiger charge is -2.28. The van der Waals surface area contributed by atoms with Crippen LogP contribution >= 0.6 is 11.3 Å². The summed E-state index contributed by atoms with van der Waals surface area (Å²) in [5.41, 5.74) is 0.331. The predicted octanol–water partition coefficient (Wildman–Crippen LogP) is -0.794. The third kappa shape index (κ3) is 3.80. The molecular weight excluding hydrogens is 378 g/mol. The second-order valence-corrected chi connectivity index (χ2v) is 10.5. The van der Waals surface area contributed by atoms with Crippen molar-refractivity contribution in [3.8, 4) is 0 Å². The van der Waals surface area contributed by atoms with Crippen LogP contribution in [0.25, 0.3) is 0 Å². The first-order chi connectivity index (χ1) is 11.3. The Kier molecular flexibility index (Phi) is 5.28. The van der Waals surface area contributed by atoms with Crippen LogP contribution in [0.15, 0.2) is 14.5 Å². The quantitative estimate of drug-likeness (QED) is 0.707. The number of ether oxygens (including phenoxy) is 2. The Morgan fingerprint density at radius 2 is 1.92 bits per heavy atom. The smallest absolute Gasteiger partial charge is 0.254 e. The maximum absolute atomic E-state index is 12.8. The van der Waals surface area contributed by atoms with Gasteiger partial charge in [0.25, 0.3) is 10.0 Å². The predicted molar refractivity (Wildman–Crippen MR) is 86.5 cm³/mol. The van der Waals surface area contributed by atoms with Crippen LogP contribution in [-0.2, 0) is 36.1 Å². The molecule has 0 radical (unpaired) electrons. The molecule has 1 aromatic rings. The van der Waals surface area contributed by atoms with Crippen LogP contribution in [-0.4, -0.2) is 72.2 Å². The molecule has 1 saturated heterocycles. The minimum Gasteiger partial charge on any atom is -0.379 e. The highest BCUT2D eigenvalue weighted by molar-refractivity contribution is 7.93. The van der Waals surface area contributed by atoms with Gasteiger partial charge in [0.05, 0.1) is 19.8 Å². The van der Waals surface area contributed by atoms with Gasteiger partial charge in [-0.25, -0.2) is 22.0 Å². The number of thiophene rings is 1. The summed E-state index contributed by atoms with van der Waals surface area (Å²) in [4.78, 5) is 2.12. The van der Waals surface area contributed by atoms with Crippen LogP contribution in [0.1, 0.15) is 5.56 Å². The lowest BCUT2D eigenvalue weighted by molar-refractivity contribution is 0.0264. The lowest BCUT2D eigenvalue weighted by Crippen LogP contribution is -2.43. The highest BCUT2D eigenvalue weighted by Crippen LogP contribution is 2.34. The summed E-state index contributed by atoms with van der Waals surface area (Å²) in [5.74, 6) is 0. The molecule has 2 aliphatic rings. The van der Waals surface area contributed by atoms with Crippen molar-refractivity contribution in [2.24, 2.45) is 5.14 Å². The molecule has 0 aromatic carbocycles. The zero-order chi connectivity index (χ0) is 17.4. The number of primary sulfonamides is 1. The highest BCUT2D eigenvalue weighted by atomic mass is 32.3. The van der Waals surface area contributed by atoms with Crippen LogP contribution in [0.2, 0.25) is 0 Å². The van der Waals surface area contributed by atoms with Crippen molar-refractivity contribution >= 4 is 31.4 Å². The van der Waals surface area contributed by atoms with Crippen molar-refractivity contribution in [1.82, 2.24) is 9.21 Å². The van der Waals surface area contributed by atoms with Crippen molar-refractivity contribution in [1.29, 1.82) is 0 Å². The molecule has 2 aliphatic heterocycles. The number of hydrogen-bond donors (Lipinski definition) is 1. The average Bonchev–Trinajstić information content (AvgIpc) is 2.92. The van der Waals surface area contributed by atoms with E-state index in [1.807, 2.05) is 0 Å². The second kappa shape index (κ2) is 6.96. The minimum absolute atomic E-state index is 0.00833. The van der Waals surface area contributed by atoms with Gasteiger partial charge in [0.1, 0.15) is 15.1 Å². The molecule has 1 aromatic heterocycles. The van der Waals surface area contributed by atoms with Crippen molar-refractivity contribution in [2.75, 3.05) is 46.1 Å². The van der Waals surface area contributed by atoms with Crippen LogP contribution in [0.5, 0.6) is 0 Å². The summed E-state index contributed by atoms with van der Waals surface area (Å²) >= 11 is 0.672. The highest BCUT2D eigenvalue weighted by Gasteiger charge is 2.34. The molecule has 0 amide bonds. The first-order valence-corrected chi connectivity index (χ1v) is 11.1. The van der Waals surface area contributed by atoms with Gasteiger partial charge in [-0.1, -0.05) is 0 Å². The Labute approximate surface area is 145 Å². The van der Waals surface area contributed by atoms with Gasteiger partial charge >= 0.3 is 0 Å². The molecule has 0 saturated carbocycles. The summed E-state index contributed by atoms with van der Waals surface area (Å²) in [6.07, 6.45) is 0. The number of nitrogens with two attached hydrogens (primary N) is 1. The summed E-state index contributed by atoms with van der Waals surface area (Å²) < 4.78 is 60.3. The summed E-state index contributed by atoms with van der Waals surface area (Å²) in [5, 5.41) is 5.10. The first kappa shape index (κ1) is 18.2. The van der Waals surface area contributed by atoms with Gasteiger partial charge in [-0.2, -0.15) is 4.31 Å². The Bertz CT molecular complexity index is 798. The third-order valence-electron chi connectivity index (χ3n) is 3.86. The van der Waals surface area contributed by atoms with Crippen LogP contribution in [0.4, 0.5) is 0 Å². The van der Waals surface area contributed by atoms with Gasteiger partial charge < -0.3 is 9.47 Å². The van der Waals surface area contributed by atoms with Gasteiger partial charge in [-0.05, 0) is 6.07 Å². The van der Waals surface area contributed by atoms with Gasteiger partial charge in [-0.3, -0.25) is 4.90 Å². The van der Waals surface area contributed by atoms with Crippen LogP contribution < -0.4 is 5.14 Å². The maximum Gasteiger partial charge on any atom is 0.254 e. The Hall–Kier alpha value is -0.600. The zero-order valence-electron chi connectivity index (χ0n) is 12.9. The number of rotatable bonds is 4. The fourth-order valence-corrected chi connectivity index (χ4v) is 6.59. The van der Waals surface area contributed by atoms with Gasteiger partial charge in [-0.15, -0.1) is 11.3 Å². The SMILES string of the molecule is NS(=O)(=O)c1cc2c(s1)S(=O)(=O)N(CCN1CCOCC1)COC2. The molecule has 136 valence electrons. The van der Waals surface area contributed by atoms with Crippen molar-refractivity contribution in [2.45, 2.75) is 15.0 Å². The number of morpholine rings is 1. The van der Waals surface area contributed by atoms with E-state index in [0.717, 1.165) is 13.1 Å². The molecule has 2 N–H and O–H groups in total. The van der Waals surface area contributed by atoms with E-state index in [2.05, 4.69) is 4.90 Å². The van der Waals surface area contributed by atoms with Crippen molar-refractivity contribution in [3.05, 3.63) is 11.6 Å². The molecule has 1 fully saturated rings. The van der Waals surface area contributed by atoms with E-state index >= 15 is 0 Å². The number of nitrogens with zero attached hydrogens (tertiary/aromatic N) is 2. The topological polar surface area (TPSA) is 119 Å². The zero-order valence-corrected chi connectivity index (χ0v) is 15.3. The molecule has 9 nitrogen and oxygen atoms in total. The summed E-state index contributed by atoms with van der Waals surface area (Å²) in [6.45, 7) is 3.60. The van der Waals surface area contributed by atoms with E-state index in [4.69, 9.17) is 14.6 Å². The lowest BCUT2D eigenvalue weighted by atomic mass is 10.4.